The van der Waals surface area contributed by atoms with Crippen LogP contribution < -0.4 is 14.8 Å². The van der Waals surface area contributed by atoms with Crippen LogP contribution in [0.5, 0.6) is 11.5 Å². The molecule has 7 nitrogen and oxygen atoms in total. The Kier molecular flexibility index (Phi) is 6.66. The molecule has 0 bridgehead atoms. The Labute approximate surface area is 232 Å². The average Bonchev–Trinajstić information content (AvgIpc) is 3.58. The first-order chi connectivity index (χ1) is 19.5. The topological polar surface area (TPSA) is 85.7 Å². The molecule has 1 aliphatic rings. The summed E-state index contributed by atoms with van der Waals surface area (Å²) < 4.78 is 23.9. The van der Waals surface area contributed by atoms with Crippen LogP contribution in [-0.2, 0) is 22.7 Å². The molecule has 40 heavy (non-hydrogen) atoms. The highest BCUT2D eigenvalue weighted by atomic mass is 16.5. The molecule has 6 rings (SSSR count). The van der Waals surface area contributed by atoms with Crippen LogP contribution in [-0.4, -0.2) is 25.1 Å². The molecule has 3 heterocycles. The molecule has 0 radical (unpaired) electrons. The highest BCUT2D eigenvalue weighted by Crippen LogP contribution is 2.46. The first kappa shape index (κ1) is 25.5. The Hall–Kier alpha value is -4.75. The molecule has 2 N–H and O–H groups in total. The average molecular weight is 535 g/mol. The van der Waals surface area contributed by atoms with Gasteiger partial charge in [0.2, 0.25) is 0 Å². The number of hydrogen-bond donors (Lipinski definition) is 2. The monoisotopic (exact) mass is 534 g/mol. The van der Waals surface area contributed by atoms with Gasteiger partial charge in [-0.15, -0.1) is 0 Å². The van der Waals surface area contributed by atoms with Crippen LogP contribution in [0.25, 0.3) is 33.7 Å². The van der Waals surface area contributed by atoms with Crippen molar-refractivity contribution in [3.05, 3.63) is 101 Å². The number of aromatic nitrogens is 1. The first-order valence-electron chi connectivity index (χ1n) is 13.1. The van der Waals surface area contributed by atoms with E-state index in [9.17, 15) is 4.79 Å². The minimum absolute atomic E-state index is 0.152. The summed E-state index contributed by atoms with van der Waals surface area (Å²) in [6.45, 7) is 4.72. The maximum Gasteiger partial charge on any atom is 0.256 e. The number of carbonyl (C=O) groups is 1. The van der Waals surface area contributed by atoms with E-state index in [0.717, 1.165) is 44.6 Å². The Morgan fingerprint density at radius 1 is 0.900 bits per heavy atom. The molecular formula is C33H30N2O5. The zero-order valence-corrected chi connectivity index (χ0v) is 22.9. The number of methoxy groups -OCH3 is 2. The van der Waals surface area contributed by atoms with Gasteiger partial charge >= 0.3 is 0 Å². The third-order valence-corrected chi connectivity index (χ3v) is 7.18. The second-order valence-electron chi connectivity index (χ2n) is 9.87. The van der Waals surface area contributed by atoms with Gasteiger partial charge in [0, 0.05) is 39.5 Å². The zero-order chi connectivity index (χ0) is 27.8. The third kappa shape index (κ3) is 4.54. The van der Waals surface area contributed by atoms with Gasteiger partial charge in [0.1, 0.15) is 18.0 Å². The van der Waals surface area contributed by atoms with Crippen molar-refractivity contribution < 1.29 is 23.4 Å². The van der Waals surface area contributed by atoms with Crippen LogP contribution in [0.4, 0.5) is 5.69 Å². The van der Waals surface area contributed by atoms with E-state index in [1.807, 2.05) is 80.6 Å². The summed E-state index contributed by atoms with van der Waals surface area (Å²) in [5, 5.41) is 3.86. The van der Waals surface area contributed by atoms with Crippen molar-refractivity contribution >= 4 is 34.2 Å². The van der Waals surface area contributed by atoms with Crippen molar-refractivity contribution in [3.8, 4) is 22.6 Å². The highest BCUT2D eigenvalue weighted by Gasteiger charge is 2.29. The molecule has 0 aliphatic carbocycles. The molecule has 3 aromatic carbocycles. The highest BCUT2D eigenvalue weighted by molar-refractivity contribution is 6.35. The van der Waals surface area contributed by atoms with Gasteiger partial charge in [-0.2, -0.15) is 0 Å². The number of aryl methyl sites for hydroxylation is 2. The molecule has 0 saturated heterocycles. The summed E-state index contributed by atoms with van der Waals surface area (Å²) in [4.78, 5) is 16.4. The van der Waals surface area contributed by atoms with Gasteiger partial charge in [-0.25, -0.2) is 0 Å². The van der Waals surface area contributed by atoms with E-state index in [-0.39, 0.29) is 12.5 Å². The third-order valence-electron chi connectivity index (χ3n) is 7.18. The lowest BCUT2D eigenvalue weighted by atomic mass is 9.97. The second kappa shape index (κ2) is 10.4. The number of ether oxygens (including phenoxy) is 3. The van der Waals surface area contributed by atoms with E-state index in [2.05, 4.69) is 16.4 Å². The van der Waals surface area contributed by atoms with Gasteiger partial charge in [0.05, 0.1) is 32.1 Å². The number of anilines is 1. The van der Waals surface area contributed by atoms with Crippen molar-refractivity contribution in [2.24, 2.45) is 0 Å². The first-order valence-corrected chi connectivity index (χ1v) is 13.1. The summed E-state index contributed by atoms with van der Waals surface area (Å²) in [5.41, 5.74) is 8.52. The molecule has 0 spiro atoms. The minimum atomic E-state index is -0.152. The van der Waals surface area contributed by atoms with E-state index >= 15 is 0 Å². The molecule has 0 fully saturated rings. The largest absolute Gasteiger partial charge is 0.493 e. The Balaban J connectivity index is 1.50. The Morgan fingerprint density at radius 2 is 1.73 bits per heavy atom. The number of furan rings is 1. The lowest BCUT2D eigenvalue weighted by molar-refractivity contribution is -0.110. The fourth-order valence-electron chi connectivity index (χ4n) is 5.34. The predicted octanol–water partition coefficient (Wildman–Crippen LogP) is 7.27. The van der Waals surface area contributed by atoms with E-state index in [0.29, 0.717) is 40.7 Å². The van der Waals surface area contributed by atoms with E-state index < -0.39 is 0 Å². The van der Waals surface area contributed by atoms with Gasteiger partial charge in [0.15, 0.2) is 11.5 Å². The molecule has 2 aromatic heterocycles. The van der Waals surface area contributed by atoms with E-state index in [4.69, 9.17) is 18.6 Å². The molecule has 7 heteroatoms. The zero-order valence-electron chi connectivity index (χ0n) is 22.9. The lowest BCUT2D eigenvalue weighted by Crippen LogP contribution is -2.03. The molecule has 202 valence electrons. The van der Waals surface area contributed by atoms with Crippen LogP contribution in [0.2, 0.25) is 0 Å². The second-order valence-corrected chi connectivity index (χ2v) is 9.87. The van der Waals surface area contributed by atoms with Gasteiger partial charge in [0.25, 0.3) is 5.91 Å². The molecule has 0 unspecified atom stereocenters. The van der Waals surface area contributed by atoms with Crippen molar-refractivity contribution in [1.29, 1.82) is 0 Å². The number of para-hydroxylation sites is 1. The standard InChI is InChI=1S/C33H30N2O5/c1-19-13-20(2)34-26(19)15-24-23-14-25-29(16-27(23)35-33(24)36)40-30(18-39-17-21-9-6-5-7-10-21)31(25)22-11-8-12-28(37-3)32(22)38-4/h5-16,34H,17-18H2,1-4H3,(H,35,36)/b24-15-. The smallest absolute Gasteiger partial charge is 0.256 e. The van der Waals surface area contributed by atoms with E-state index in [1.165, 1.54) is 0 Å². The molecule has 0 saturated carbocycles. The van der Waals surface area contributed by atoms with Crippen LogP contribution in [0.1, 0.15) is 33.8 Å². The SMILES string of the molecule is COc1cccc(-c2c(COCc3ccccc3)oc3cc4c(cc23)/C(=C/c2[nH]c(C)cc2C)C(=O)N4)c1OC. The van der Waals surface area contributed by atoms with E-state index in [1.54, 1.807) is 14.2 Å². The number of aromatic amines is 1. The maximum atomic E-state index is 13.1. The molecule has 0 atom stereocenters. The summed E-state index contributed by atoms with van der Waals surface area (Å²) in [6, 6.07) is 21.7. The fraction of sp³-hybridized carbons (Fsp3) is 0.182. The number of carbonyl (C=O) groups excluding carboxylic acids is 1. The molecule has 5 aromatic rings. The number of nitrogens with one attached hydrogen (secondary N) is 2. The van der Waals surface area contributed by atoms with Crippen LogP contribution in [0.3, 0.4) is 0 Å². The fourth-order valence-corrected chi connectivity index (χ4v) is 5.34. The van der Waals surface area contributed by atoms with Gasteiger partial charge in [-0.3, -0.25) is 4.79 Å². The van der Waals surface area contributed by atoms with Crippen LogP contribution in [0, 0.1) is 13.8 Å². The Bertz CT molecular complexity index is 1760. The quantitative estimate of drug-likeness (QED) is 0.205. The number of benzene rings is 3. The number of hydrogen-bond acceptors (Lipinski definition) is 5. The predicted molar refractivity (Wildman–Crippen MR) is 156 cm³/mol. The maximum absolute atomic E-state index is 13.1. The normalized spacial score (nSPS) is 13.6. The summed E-state index contributed by atoms with van der Waals surface area (Å²) >= 11 is 0. The summed E-state index contributed by atoms with van der Waals surface area (Å²) in [7, 11) is 3.24. The summed E-state index contributed by atoms with van der Waals surface area (Å²) in [5.74, 6) is 1.72. The van der Waals surface area contributed by atoms with Crippen molar-refractivity contribution in [3.63, 3.8) is 0 Å². The number of rotatable bonds is 8. The number of amides is 1. The summed E-state index contributed by atoms with van der Waals surface area (Å²) in [6.07, 6.45) is 1.91. The number of H-pyrrole nitrogens is 1. The lowest BCUT2D eigenvalue weighted by Gasteiger charge is -2.13. The van der Waals surface area contributed by atoms with Crippen LogP contribution >= 0.6 is 0 Å². The van der Waals surface area contributed by atoms with Crippen molar-refractivity contribution in [1.82, 2.24) is 4.98 Å². The van der Waals surface area contributed by atoms with Gasteiger partial charge in [-0.05, 0) is 49.2 Å². The van der Waals surface area contributed by atoms with Crippen molar-refractivity contribution in [2.75, 3.05) is 19.5 Å². The number of fused-ring (bicyclic) bond motifs is 2. The van der Waals surface area contributed by atoms with Crippen LogP contribution in [0.15, 0.2) is 71.1 Å². The van der Waals surface area contributed by atoms with Crippen molar-refractivity contribution in [2.45, 2.75) is 27.1 Å². The minimum Gasteiger partial charge on any atom is -0.493 e. The molecular weight excluding hydrogens is 504 g/mol. The van der Waals surface area contributed by atoms with Gasteiger partial charge < -0.3 is 28.9 Å². The molecule has 1 aliphatic heterocycles. The van der Waals surface area contributed by atoms with Gasteiger partial charge in [-0.1, -0.05) is 42.5 Å². The Morgan fingerprint density at radius 3 is 2.45 bits per heavy atom. The molecule has 1 amide bonds.